The highest BCUT2D eigenvalue weighted by atomic mass is 35.5. The number of rotatable bonds is 8. The molecule has 0 spiro atoms. The van der Waals surface area contributed by atoms with Gasteiger partial charge in [-0.2, -0.15) is 0 Å². The summed E-state index contributed by atoms with van der Waals surface area (Å²) in [7, 11) is 0. The Kier molecular flexibility index (Phi) is 6.86. The maximum atomic E-state index is 13.1. The van der Waals surface area contributed by atoms with Gasteiger partial charge in [-0.3, -0.25) is 9.59 Å². The van der Waals surface area contributed by atoms with Gasteiger partial charge >= 0.3 is 0 Å². The van der Waals surface area contributed by atoms with Crippen LogP contribution in [0.3, 0.4) is 0 Å². The molecule has 0 radical (unpaired) electrons. The third-order valence-electron chi connectivity index (χ3n) is 5.42. The van der Waals surface area contributed by atoms with Crippen molar-refractivity contribution in [1.29, 1.82) is 0 Å². The predicted molar refractivity (Wildman–Crippen MR) is 122 cm³/mol. The molecule has 1 amide bonds. The van der Waals surface area contributed by atoms with E-state index in [0.717, 1.165) is 16.7 Å². The molecule has 1 N–H and O–H groups in total. The van der Waals surface area contributed by atoms with Crippen molar-refractivity contribution < 1.29 is 9.59 Å². The Morgan fingerprint density at radius 1 is 0.933 bits per heavy atom. The number of Topliss-reactive ketones (excluding diaryl/α,β-unsaturated/α-hetero) is 1. The molecule has 3 aromatic rings. The van der Waals surface area contributed by atoms with Crippen LogP contribution < -0.4 is 5.32 Å². The highest BCUT2D eigenvalue weighted by molar-refractivity contribution is 6.30. The van der Waals surface area contributed by atoms with Gasteiger partial charge in [-0.1, -0.05) is 91.0 Å². The third kappa shape index (κ3) is 4.22. The van der Waals surface area contributed by atoms with Crippen LogP contribution in [0.25, 0.3) is 0 Å². The van der Waals surface area contributed by atoms with E-state index in [1.54, 1.807) is 6.92 Å². The molecule has 0 bridgehead atoms. The summed E-state index contributed by atoms with van der Waals surface area (Å²) in [6.07, 6.45) is 1.21. The average Bonchev–Trinajstić information content (AvgIpc) is 2.77. The number of hydrogen-bond donors (Lipinski definition) is 1. The summed E-state index contributed by atoms with van der Waals surface area (Å²) < 4.78 is 0. The molecule has 3 aromatic carbocycles. The van der Waals surface area contributed by atoms with Gasteiger partial charge in [0.2, 0.25) is 5.91 Å². The summed E-state index contributed by atoms with van der Waals surface area (Å²) in [5, 5.41) is 3.42. The largest absolute Gasteiger partial charge is 0.352 e. The summed E-state index contributed by atoms with van der Waals surface area (Å²) in [6, 6.07) is 27.3. The van der Waals surface area contributed by atoms with Crippen LogP contribution in [0.1, 0.15) is 23.6 Å². The number of amides is 1. The first-order valence-electron chi connectivity index (χ1n) is 9.78. The Bertz CT molecular complexity index is 992. The van der Waals surface area contributed by atoms with Gasteiger partial charge in [-0.05, 0) is 41.8 Å². The quantitative estimate of drug-likeness (QED) is 0.405. The topological polar surface area (TPSA) is 46.2 Å². The summed E-state index contributed by atoms with van der Waals surface area (Å²) in [5.41, 5.74) is 1.95. The zero-order valence-corrected chi connectivity index (χ0v) is 17.6. The molecule has 0 aliphatic carbocycles. The lowest BCUT2D eigenvalue weighted by Gasteiger charge is -2.42. The Labute approximate surface area is 182 Å². The van der Waals surface area contributed by atoms with E-state index in [1.807, 2.05) is 84.9 Å². The number of nitrogens with one attached hydrogen (secondary N) is 1. The summed E-state index contributed by atoms with van der Waals surface area (Å²) in [4.78, 5) is 25.1. The molecule has 4 heteroatoms. The summed E-state index contributed by atoms with van der Waals surface area (Å²) in [5.74, 6) is -0.918. The van der Waals surface area contributed by atoms with Crippen molar-refractivity contribution in [3.05, 3.63) is 119 Å². The maximum absolute atomic E-state index is 13.1. The lowest BCUT2D eigenvalue weighted by atomic mass is 9.60. The van der Waals surface area contributed by atoms with Crippen LogP contribution in [0.5, 0.6) is 0 Å². The Morgan fingerprint density at radius 2 is 1.47 bits per heavy atom. The van der Waals surface area contributed by atoms with Crippen molar-refractivity contribution >= 4 is 23.3 Å². The number of carbonyl (C=O) groups excluding carboxylic acids is 2. The van der Waals surface area contributed by atoms with Crippen molar-refractivity contribution in [2.45, 2.75) is 12.3 Å². The first-order chi connectivity index (χ1) is 14.5. The normalized spacial score (nSPS) is 12.1. The van der Waals surface area contributed by atoms with Gasteiger partial charge in [-0.25, -0.2) is 0 Å². The maximum Gasteiger partial charge on any atom is 0.243 e. The van der Waals surface area contributed by atoms with E-state index >= 15 is 0 Å². The zero-order valence-electron chi connectivity index (χ0n) is 16.8. The van der Waals surface area contributed by atoms with E-state index in [4.69, 9.17) is 11.6 Å². The molecule has 0 aliphatic rings. The molecule has 152 valence electrons. The molecule has 3 rings (SSSR count). The minimum absolute atomic E-state index is 0.0351. The number of carbonyl (C=O) groups is 2. The monoisotopic (exact) mass is 417 g/mol. The van der Waals surface area contributed by atoms with Crippen LogP contribution in [0.2, 0.25) is 5.02 Å². The van der Waals surface area contributed by atoms with Gasteiger partial charge in [0.15, 0.2) is 0 Å². The first-order valence-corrected chi connectivity index (χ1v) is 10.2. The van der Waals surface area contributed by atoms with E-state index < -0.39 is 11.3 Å². The Hall–Kier alpha value is -3.17. The van der Waals surface area contributed by atoms with Gasteiger partial charge in [-0.15, -0.1) is 0 Å². The smallest absolute Gasteiger partial charge is 0.243 e. The molecule has 0 saturated carbocycles. The van der Waals surface area contributed by atoms with Crippen LogP contribution in [0, 0.1) is 5.92 Å². The van der Waals surface area contributed by atoms with Gasteiger partial charge in [0.1, 0.15) is 5.78 Å². The fraction of sp³-hybridized carbons (Fsp3) is 0.154. The zero-order chi connectivity index (χ0) is 21.6. The minimum atomic E-state index is -0.840. The molecule has 1 atom stereocenters. The molecule has 30 heavy (non-hydrogen) atoms. The molecule has 0 saturated heterocycles. The number of hydrogen-bond acceptors (Lipinski definition) is 2. The molecule has 1 unspecified atom stereocenters. The van der Waals surface area contributed by atoms with Gasteiger partial charge in [0.05, 0.1) is 11.3 Å². The second-order valence-corrected chi connectivity index (χ2v) is 7.60. The molecular formula is C26H24ClNO2. The standard InChI is InChI=1S/C26H24ClNO2/c1-3-25(30)28-18-24(19(2)29)26(20-11-6-4-7-12-20,21-13-8-5-9-14-21)22-15-10-16-23(27)17-22/h3-17,24H,1,18H2,2H3,(H,28,30). The predicted octanol–water partition coefficient (Wildman–Crippen LogP) is 5.18. The second kappa shape index (κ2) is 9.55. The fourth-order valence-electron chi connectivity index (χ4n) is 4.12. The summed E-state index contributed by atoms with van der Waals surface area (Å²) in [6.45, 7) is 5.25. The molecule has 0 aliphatic heterocycles. The van der Waals surface area contributed by atoms with Crippen LogP contribution in [0.15, 0.2) is 97.6 Å². The van der Waals surface area contributed by atoms with Gasteiger partial charge < -0.3 is 5.32 Å². The van der Waals surface area contributed by atoms with Gasteiger partial charge in [0, 0.05) is 11.6 Å². The molecular weight excluding hydrogens is 394 g/mol. The van der Waals surface area contributed by atoms with Crippen LogP contribution in [0.4, 0.5) is 0 Å². The number of ketones is 1. The average molecular weight is 418 g/mol. The Balaban J connectivity index is 2.36. The molecule has 0 aromatic heterocycles. The molecule has 0 fully saturated rings. The van der Waals surface area contributed by atoms with E-state index in [2.05, 4.69) is 11.9 Å². The van der Waals surface area contributed by atoms with Crippen LogP contribution >= 0.6 is 11.6 Å². The highest BCUT2D eigenvalue weighted by Gasteiger charge is 2.46. The molecule has 0 heterocycles. The van der Waals surface area contributed by atoms with E-state index in [9.17, 15) is 9.59 Å². The third-order valence-corrected chi connectivity index (χ3v) is 5.65. The first kappa shape index (κ1) is 21.5. The van der Waals surface area contributed by atoms with Crippen LogP contribution in [-0.4, -0.2) is 18.2 Å². The Morgan fingerprint density at radius 3 is 1.93 bits per heavy atom. The summed E-state index contributed by atoms with van der Waals surface area (Å²) >= 11 is 6.39. The van der Waals surface area contributed by atoms with Crippen molar-refractivity contribution in [3.63, 3.8) is 0 Å². The minimum Gasteiger partial charge on any atom is -0.352 e. The molecule has 3 nitrogen and oxygen atoms in total. The fourth-order valence-corrected chi connectivity index (χ4v) is 4.31. The van der Waals surface area contributed by atoms with Crippen LogP contribution in [-0.2, 0) is 15.0 Å². The highest BCUT2D eigenvalue weighted by Crippen LogP contribution is 2.46. The lowest BCUT2D eigenvalue weighted by molar-refractivity contribution is -0.122. The second-order valence-electron chi connectivity index (χ2n) is 7.16. The van der Waals surface area contributed by atoms with Gasteiger partial charge in [0.25, 0.3) is 0 Å². The van der Waals surface area contributed by atoms with Crippen molar-refractivity contribution in [2.75, 3.05) is 6.54 Å². The van der Waals surface area contributed by atoms with Crippen molar-refractivity contribution in [3.8, 4) is 0 Å². The number of halogens is 1. The lowest BCUT2D eigenvalue weighted by Crippen LogP contribution is -2.47. The number of benzene rings is 3. The van der Waals surface area contributed by atoms with Crippen molar-refractivity contribution in [2.24, 2.45) is 5.92 Å². The van der Waals surface area contributed by atoms with E-state index in [0.29, 0.717) is 5.02 Å². The van der Waals surface area contributed by atoms with Crippen molar-refractivity contribution in [1.82, 2.24) is 5.32 Å². The van der Waals surface area contributed by atoms with E-state index in [1.165, 1.54) is 6.08 Å². The van der Waals surface area contributed by atoms with E-state index in [-0.39, 0.29) is 18.2 Å². The SMILES string of the molecule is C=CC(=O)NCC(C(C)=O)C(c1ccccc1)(c1ccccc1)c1cccc(Cl)c1.